The van der Waals surface area contributed by atoms with E-state index < -0.39 is 12.7 Å². The van der Waals surface area contributed by atoms with Gasteiger partial charge in [0.25, 0.3) is 0 Å². The predicted molar refractivity (Wildman–Crippen MR) is 70.3 cm³/mol. The molecule has 0 aliphatic carbocycles. The van der Waals surface area contributed by atoms with Gasteiger partial charge < -0.3 is 9.26 Å². The van der Waals surface area contributed by atoms with Gasteiger partial charge in [-0.1, -0.05) is 5.16 Å². The van der Waals surface area contributed by atoms with E-state index in [4.69, 9.17) is 9.26 Å². The summed E-state index contributed by atoms with van der Waals surface area (Å²) in [6, 6.07) is 0. The van der Waals surface area contributed by atoms with Crippen LogP contribution in [-0.2, 0) is 17.9 Å². The van der Waals surface area contributed by atoms with Crippen molar-refractivity contribution in [2.75, 3.05) is 7.11 Å². The average molecular weight is 318 g/mol. The van der Waals surface area contributed by atoms with E-state index >= 15 is 0 Å². The quantitative estimate of drug-likeness (QED) is 0.848. The standard InChI is InChI=1S/C13H17F3N4O2/c1-7(12-17-10(5-21-4)19-22-12)11-8(2)18-20(9(11)3)6-13(14,15)16/h7H,5-6H2,1-4H3. The maximum Gasteiger partial charge on any atom is 0.408 e. The average Bonchev–Trinajstić information content (AvgIpc) is 2.94. The molecular weight excluding hydrogens is 301 g/mol. The highest BCUT2D eigenvalue weighted by Gasteiger charge is 2.31. The molecule has 2 aromatic heterocycles. The molecule has 1 atom stereocenters. The van der Waals surface area contributed by atoms with E-state index in [1.54, 1.807) is 20.8 Å². The van der Waals surface area contributed by atoms with Crippen LogP contribution in [0.5, 0.6) is 0 Å². The number of hydrogen-bond acceptors (Lipinski definition) is 5. The van der Waals surface area contributed by atoms with Crippen LogP contribution in [0.1, 0.15) is 41.5 Å². The van der Waals surface area contributed by atoms with Crippen molar-refractivity contribution in [3.05, 3.63) is 28.7 Å². The van der Waals surface area contributed by atoms with Crippen LogP contribution in [0.25, 0.3) is 0 Å². The fraction of sp³-hybridized carbons (Fsp3) is 0.615. The van der Waals surface area contributed by atoms with Crippen molar-refractivity contribution in [1.82, 2.24) is 19.9 Å². The molecule has 0 saturated carbocycles. The second-order valence-corrected chi connectivity index (χ2v) is 5.06. The second-order valence-electron chi connectivity index (χ2n) is 5.06. The molecule has 0 radical (unpaired) electrons. The minimum atomic E-state index is -4.32. The van der Waals surface area contributed by atoms with E-state index in [9.17, 15) is 13.2 Å². The largest absolute Gasteiger partial charge is 0.408 e. The Morgan fingerprint density at radius 3 is 2.59 bits per heavy atom. The molecule has 0 N–H and O–H groups in total. The zero-order valence-corrected chi connectivity index (χ0v) is 12.7. The van der Waals surface area contributed by atoms with E-state index in [2.05, 4.69) is 15.2 Å². The van der Waals surface area contributed by atoms with Gasteiger partial charge in [-0.05, 0) is 20.8 Å². The number of halogens is 3. The second kappa shape index (κ2) is 6.07. The van der Waals surface area contributed by atoms with Crippen LogP contribution in [0.2, 0.25) is 0 Å². The highest BCUT2D eigenvalue weighted by molar-refractivity contribution is 5.32. The van der Waals surface area contributed by atoms with Gasteiger partial charge in [0.15, 0.2) is 5.82 Å². The van der Waals surface area contributed by atoms with Crippen LogP contribution >= 0.6 is 0 Å². The Bertz CT molecular complexity index is 648. The summed E-state index contributed by atoms with van der Waals surface area (Å²) < 4.78 is 48.7. The number of ether oxygens (including phenoxy) is 1. The van der Waals surface area contributed by atoms with Gasteiger partial charge in [-0.25, -0.2) is 0 Å². The van der Waals surface area contributed by atoms with Gasteiger partial charge in [0.2, 0.25) is 5.89 Å². The molecule has 9 heteroatoms. The number of hydrogen-bond donors (Lipinski definition) is 0. The first-order valence-corrected chi connectivity index (χ1v) is 6.65. The molecule has 2 rings (SSSR count). The Morgan fingerprint density at radius 1 is 1.32 bits per heavy atom. The summed E-state index contributed by atoms with van der Waals surface area (Å²) in [5.41, 5.74) is 1.62. The summed E-state index contributed by atoms with van der Waals surface area (Å²) in [5, 5.41) is 7.73. The lowest BCUT2D eigenvalue weighted by Crippen LogP contribution is -2.19. The van der Waals surface area contributed by atoms with Crippen molar-refractivity contribution in [2.45, 2.75) is 46.0 Å². The van der Waals surface area contributed by atoms with E-state index in [0.717, 1.165) is 4.68 Å². The first-order chi connectivity index (χ1) is 10.2. The van der Waals surface area contributed by atoms with Crippen molar-refractivity contribution in [1.29, 1.82) is 0 Å². The molecule has 0 aromatic carbocycles. The molecule has 0 bridgehead atoms. The number of aromatic nitrogens is 4. The summed E-state index contributed by atoms with van der Waals surface area (Å²) in [6.07, 6.45) is -4.32. The van der Waals surface area contributed by atoms with Gasteiger partial charge in [0.1, 0.15) is 13.2 Å². The molecule has 0 spiro atoms. The molecule has 6 nitrogen and oxygen atoms in total. The first kappa shape index (κ1) is 16.5. The van der Waals surface area contributed by atoms with Crippen LogP contribution < -0.4 is 0 Å². The minimum absolute atomic E-state index is 0.210. The molecule has 1 unspecified atom stereocenters. The highest BCUT2D eigenvalue weighted by atomic mass is 19.4. The van der Waals surface area contributed by atoms with Gasteiger partial charge in [0.05, 0.1) is 11.6 Å². The lowest BCUT2D eigenvalue weighted by Gasteiger charge is -2.10. The Labute approximate surface area is 125 Å². The molecule has 0 aliphatic heterocycles. The van der Waals surface area contributed by atoms with Crippen LogP contribution in [0.4, 0.5) is 13.2 Å². The van der Waals surface area contributed by atoms with Crippen LogP contribution in [0.3, 0.4) is 0 Å². The van der Waals surface area contributed by atoms with Gasteiger partial charge in [-0.15, -0.1) is 0 Å². The zero-order valence-electron chi connectivity index (χ0n) is 12.7. The van der Waals surface area contributed by atoms with E-state index in [1.807, 2.05) is 0 Å². The third-order valence-electron chi connectivity index (χ3n) is 3.33. The molecule has 122 valence electrons. The highest BCUT2D eigenvalue weighted by Crippen LogP contribution is 2.29. The Kier molecular flexibility index (Phi) is 4.55. The summed E-state index contributed by atoms with van der Waals surface area (Å²) in [7, 11) is 1.51. The van der Waals surface area contributed by atoms with Crippen molar-refractivity contribution in [3.8, 4) is 0 Å². The van der Waals surface area contributed by atoms with Crippen LogP contribution in [0.15, 0.2) is 4.52 Å². The van der Waals surface area contributed by atoms with Crippen molar-refractivity contribution in [2.24, 2.45) is 0 Å². The minimum Gasteiger partial charge on any atom is -0.377 e. The van der Waals surface area contributed by atoms with Gasteiger partial charge in [-0.3, -0.25) is 4.68 Å². The van der Waals surface area contributed by atoms with Crippen LogP contribution in [-0.4, -0.2) is 33.2 Å². The molecule has 0 saturated heterocycles. The van der Waals surface area contributed by atoms with E-state index in [0.29, 0.717) is 28.7 Å². The first-order valence-electron chi connectivity index (χ1n) is 6.65. The van der Waals surface area contributed by atoms with Crippen molar-refractivity contribution < 1.29 is 22.4 Å². The number of rotatable bonds is 5. The van der Waals surface area contributed by atoms with Gasteiger partial charge >= 0.3 is 6.18 Å². The molecule has 0 fully saturated rings. The van der Waals surface area contributed by atoms with Gasteiger partial charge in [-0.2, -0.15) is 23.3 Å². The molecule has 22 heavy (non-hydrogen) atoms. The van der Waals surface area contributed by atoms with Crippen molar-refractivity contribution >= 4 is 0 Å². The topological polar surface area (TPSA) is 66.0 Å². The molecular formula is C13H17F3N4O2. The monoisotopic (exact) mass is 318 g/mol. The Morgan fingerprint density at radius 2 is 2.00 bits per heavy atom. The molecule has 0 amide bonds. The maximum atomic E-state index is 12.6. The lowest BCUT2D eigenvalue weighted by molar-refractivity contribution is -0.142. The smallest absolute Gasteiger partial charge is 0.377 e. The normalized spacial score (nSPS) is 13.6. The van der Waals surface area contributed by atoms with Gasteiger partial charge in [0, 0.05) is 18.4 Å². The maximum absolute atomic E-state index is 12.6. The van der Waals surface area contributed by atoms with Crippen molar-refractivity contribution in [3.63, 3.8) is 0 Å². The number of alkyl halides is 3. The molecule has 2 heterocycles. The Balaban J connectivity index is 2.31. The fourth-order valence-electron chi connectivity index (χ4n) is 2.42. The fourth-order valence-corrected chi connectivity index (χ4v) is 2.42. The molecule has 2 aromatic rings. The zero-order chi connectivity index (χ0) is 16.5. The Hall–Kier alpha value is -1.90. The van der Waals surface area contributed by atoms with E-state index in [1.165, 1.54) is 7.11 Å². The lowest BCUT2D eigenvalue weighted by atomic mass is 9.99. The summed E-state index contributed by atoms with van der Waals surface area (Å²) in [5.74, 6) is 0.368. The van der Waals surface area contributed by atoms with E-state index in [-0.39, 0.29) is 12.5 Å². The molecule has 0 aliphatic rings. The third-order valence-corrected chi connectivity index (χ3v) is 3.33. The summed E-state index contributed by atoms with van der Waals surface area (Å²) in [4.78, 5) is 4.18. The number of nitrogens with zero attached hydrogens (tertiary/aromatic N) is 4. The number of aryl methyl sites for hydroxylation is 1. The van der Waals surface area contributed by atoms with Crippen LogP contribution in [0, 0.1) is 13.8 Å². The SMILES string of the molecule is COCc1noc(C(C)c2c(C)nn(CC(F)(F)F)c2C)n1. The summed E-state index contributed by atoms with van der Waals surface area (Å²) in [6.45, 7) is 4.15. The number of methoxy groups -OCH3 is 1. The summed E-state index contributed by atoms with van der Waals surface area (Å²) >= 11 is 0. The third kappa shape index (κ3) is 3.46. The predicted octanol–water partition coefficient (Wildman–Crippen LogP) is 2.74.